The summed E-state index contributed by atoms with van der Waals surface area (Å²) in [6.07, 6.45) is 1.30. The smallest absolute Gasteiger partial charge is 0.322 e. The molecule has 1 aliphatic rings. The van der Waals surface area contributed by atoms with Gasteiger partial charge in [0.2, 0.25) is 5.91 Å². The first-order valence-electron chi connectivity index (χ1n) is 6.41. The zero-order valence-electron chi connectivity index (χ0n) is 10.9. The lowest BCUT2D eigenvalue weighted by Gasteiger charge is -2.24. The molecule has 1 aliphatic heterocycles. The number of amides is 1. The van der Waals surface area contributed by atoms with E-state index in [9.17, 15) is 9.59 Å². The van der Waals surface area contributed by atoms with Gasteiger partial charge in [0.05, 0.1) is 0 Å². The molecule has 1 aromatic rings. The number of carboxylic acid groups (broad SMARTS) is 1. The molecule has 1 atom stereocenters. The van der Waals surface area contributed by atoms with Gasteiger partial charge in [-0.15, -0.1) is 0 Å². The third-order valence-electron chi connectivity index (χ3n) is 3.36. The van der Waals surface area contributed by atoms with Gasteiger partial charge in [-0.3, -0.25) is 9.59 Å². The van der Waals surface area contributed by atoms with Crippen molar-refractivity contribution < 1.29 is 14.7 Å². The van der Waals surface area contributed by atoms with E-state index in [2.05, 4.69) is 29.3 Å². The molecule has 0 aromatic heterocycles. The van der Waals surface area contributed by atoms with Crippen molar-refractivity contribution >= 4 is 17.6 Å². The fourth-order valence-electron chi connectivity index (χ4n) is 2.45. The summed E-state index contributed by atoms with van der Waals surface area (Å²) in [7, 11) is 0. The number of hydrogen-bond donors (Lipinski definition) is 2. The van der Waals surface area contributed by atoms with E-state index in [0.29, 0.717) is 19.0 Å². The number of para-hydroxylation sites is 1. The normalized spacial score (nSPS) is 17.1. The molecule has 0 saturated carbocycles. The van der Waals surface area contributed by atoms with Crippen LogP contribution in [-0.4, -0.2) is 36.1 Å². The maximum absolute atomic E-state index is 11.5. The van der Waals surface area contributed by atoms with E-state index in [1.165, 1.54) is 11.3 Å². The summed E-state index contributed by atoms with van der Waals surface area (Å²) >= 11 is 0. The topological polar surface area (TPSA) is 69.6 Å². The Morgan fingerprint density at radius 3 is 2.89 bits per heavy atom. The summed E-state index contributed by atoms with van der Waals surface area (Å²) in [6.45, 7) is 2.43. The van der Waals surface area contributed by atoms with Crippen molar-refractivity contribution in [1.82, 2.24) is 5.32 Å². The van der Waals surface area contributed by atoms with Gasteiger partial charge in [-0.25, -0.2) is 0 Å². The summed E-state index contributed by atoms with van der Waals surface area (Å²) in [5, 5.41) is 10.9. The number of anilines is 1. The molecule has 1 aromatic carbocycles. The summed E-state index contributed by atoms with van der Waals surface area (Å²) in [5.74, 6) is -1.24. The first-order valence-corrected chi connectivity index (χ1v) is 6.41. The van der Waals surface area contributed by atoms with Crippen molar-refractivity contribution in [1.29, 1.82) is 0 Å². The molecular weight excluding hydrogens is 244 g/mol. The number of carbonyl (C=O) groups is 2. The Balaban J connectivity index is 1.89. The number of carbonyl (C=O) groups excluding carboxylic acids is 1. The van der Waals surface area contributed by atoms with Crippen LogP contribution in [0.1, 0.15) is 18.9 Å². The Labute approximate surface area is 112 Å². The second kappa shape index (κ2) is 5.73. The van der Waals surface area contributed by atoms with Gasteiger partial charge in [-0.2, -0.15) is 0 Å². The molecule has 0 aliphatic carbocycles. The number of carboxylic acids is 1. The number of benzene rings is 1. The van der Waals surface area contributed by atoms with Crippen LogP contribution in [0.2, 0.25) is 0 Å². The summed E-state index contributed by atoms with van der Waals surface area (Å²) in [5.41, 5.74) is 2.49. The minimum absolute atomic E-state index is 0.223. The number of fused-ring (bicyclic) bond motifs is 1. The van der Waals surface area contributed by atoms with Gasteiger partial charge in [0.25, 0.3) is 0 Å². The Hall–Kier alpha value is -2.04. The Morgan fingerprint density at radius 2 is 2.16 bits per heavy atom. The molecule has 0 spiro atoms. The number of aliphatic carboxylic acids is 1. The molecule has 1 amide bonds. The average Bonchev–Trinajstić information content (AvgIpc) is 2.69. The summed E-state index contributed by atoms with van der Waals surface area (Å²) in [4.78, 5) is 24.1. The lowest BCUT2D eigenvalue weighted by Crippen LogP contribution is -2.35. The van der Waals surface area contributed by atoms with Gasteiger partial charge < -0.3 is 15.3 Å². The van der Waals surface area contributed by atoms with Crippen molar-refractivity contribution in [3.05, 3.63) is 29.8 Å². The third-order valence-corrected chi connectivity index (χ3v) is 3.36. The molecule has 1 unspecified atom stereocenters. The number of rotatable bonds is 5. The predicted octanol–water partition coefficient (Wildman–Crippen LogP) is 1.03. The van der Waals surface area contributed by atoms with Crippen molar-refractivity contribution in [2.75, 3.05) is 18.0 Å². The van der Waals surface area contributed by atoms with Crippen molar-refractivity contribution in [2.45, 2.75) is 25.8 Å². The highest BCUT2D eigenvalue weighted by atomic mass is 16.4. The number of nitrogens with one attached hydrogen (secondary N) is 1. The van der Waals surface area contributed by atoms with Crippen molar-refractivity contribution in [2.24, 2.45) is 0 Å². The van der Waals surface area contributed by atoms with E-state index in [0.717, 1.165) is 6.42 Å². The SMILES string of the molecule is CC1Cc2ccccc2N1CCC(=O)NCC(=O)O. The monoisotopic (exact) mass is 262 g/mol. The molecule has 0 fully saturated rings. The molecule has 0 saturated heterocycles. The second-order valence-corrected chi connectivity index (χ2v) is 4.80. The van der Waals surface area contributed by atoms with Crippen LogP contribution in [0.15, 0.2) is 24.3 Å². The minimum atomic E-state index is -1.02. The number of hydrogen-bond acceptors (Lipinski definition) is 3. The molecular formula is C14H18N2O3. The van der Waals surface area contributed by atoms with Crippen molar-refractivity contribution in [3.8, 4) is 0 Å². The molecule has 19 heavy (non-hydrogen) atoms. The van der Waals surface area contributed by atoms with Gasteiger partial charge in [0.1, 0.15) is 6.54 Å². The molecule has 2 N–H and O–H groups in total. The van der Waals surface area contributed by atoms with E-state index in [1.54, 1.807) is 0 Å². The molecule has 1 heterocycles. The standard InChI is InChI=1S/C14H18N2O3/c1-10-8-11-4-2-3-5-12(11)16(10)7-6-13(17)15-9-14(18)19/h2-5,10H,6-9H2,1H3,(H,15,17)(H,18,19). The summed E-state index contributed by atoms with van der Waals surface area (Å²) in [6, 6.07) is 8.57. The molecule has 5 heteroatoms. The van der Waals surface area contributed by atoms with E-state index < -0.39 is 5.97 Å². The second-order valence-electron chi connectivity index (χ2n) is 4.80. The van der Waals surface area contributed by atoms with Crippen LogP contribution in [0.4, 0.5) is 5.69 Å². The minimum Gasteiger partial charge on any atom is -0.480 e. The zero-order chi connectivity index (χ0) is 13.8. The molecule has 102 valence electrons. The van der Waals surface area contributed by atoms with Gasteiger partial charge in [0.15, 0.2) is 0 Å². The van der Waals surface area contributed by atoms with E-state index in [1.807, 2.05) is 12.1 Å². The van der Waals surface area contributed by atoms with E-state index in [-0.39, 0.29) is 12.5 Å². The van der Waals surface area contributed by atoms with Crippen LogP contribution in [0.5, 0.6) is 0 Å². The van der Waals surface area contributed by atoms with E-state index >= 15 is 0 Å². The third kappa shape index (κ3) is 3.24. The van der Waals surface area contributed by atoms with Crippen LogP contribution in [-0.2, 0) is 16.0 Å². The van der Waals surface area contributed by atoms with Gasteiger partial charge >= 0.3 is 5.97 Å². The maximum Gasteiger partial charge on any atom is 0.322 e. The van der Waals surface area contributed by atoms with Gasteiger partial charge in [0, 0.05) is 24.7 Å². The highest BCUT2D eigenvalue weighted by Gasteiger charge is 2.25. The predicted molar refractivity (Wildman–Crippen MR) is 72.2 cm³/mol. The van der Waals surface area contributed by atoms with Crippen LogP contribution < -0.4 is 10.2 Å². The van der Waals surface area contributed by atoms with Gasteiger partial charge in [-0.1, -0.05) is 18.2 Å². The average molecular weight is 262 g/mol. The fraction of sp³-hybridized carbons (Fsp3) is 0.429. The van der Waals surface area contributed by atoms with E-state index in [4.69, 9.17) is 5.11 Å². The molecule has 0 bridgehead atoms. The maximum atomic E-state index is 11.5. The van der Waals surface area contributed by atoms with Crippen molar-refractivity contribution in [3.63, 3.8) is 0 Å². The Kier molecular flexibility index (Phi) is 4.04. The highest BCUT2D eigenvalue weighted by molar-refractivity contribution is 5.81. The Morgan fingerprint density at radius 1 is 1.42 bits per heavy atom. The molecule has 0 radical (unpaired) electrons. The van der Waals surface area contributed by atoms with Gasteiger partial charge in [-0.05, 0) is 25.0 Å². The number of nitrogens with zero attached hydrogens (tertiary/aromatic N) is 1. The molecule has 5 nitrogen and oxygen atoms in total. The largest absolute Gasteiger partial charge is 0.480 e. The zero-order valence-corrected chi connectivity index (χ0v) is 10.9. The fourth-order valence-corrected chi connectivity index (χ4v) is 2.45. The van der Waals surface area contributed by atoms with Crippen LogP contribution >= 0.6 is 0 Å². The molecule has 2 rings (SSSR count). The Bertz CT molecular complexity index is 487. The van der Waals surface area contributed by atoms with Crippen LogP contribution in [0.25, 0.3) is 0 Å². The summed E-state index contributed by atoms with van der Waals surface area (Å²) < 4.78 is 0. The van der Waals surface area contributed by atoms with Crippen LogP contribution in [0, 0.1) is 0 Å². The van der Waals surface area contributed by atoms with Crippen LogP contribution in [0.3, 0.4) is 0 Å². The quantitative estimate of drug-likeness (QED) is 0.831. The first kappa shape index (κ1) is 13.4. The lowest BCUT2D eigenvalue weighted by molar-refractivity contribution is -0.137. The lowest BCUT2D eigenvalue weighted by atomic mass is 10.1. The first-order chi connectivity index (χ1) is 9.08. The highest BCUT2D eigenvalue weighted by Crippen LogP contribution is 2.31.